The van der Waals surface area contributed by atoms with Crippen LogP contribution in [-0.2, 0) is 21.4 Å². The number of sulfonamides is 1. The number of amides is 1. The summed E-state index contributed by atoms with van der Waals surface area (Å²) in [6.07, 6.45) is 0. The van der Waals surface area contributed by atoms with Gasteiger partial charge in [-0.1, -0.05) is 36.4 Å². The van der Waals surface area contributed by atoms with E-state index >= 15 is 0 Å². The van der Waals surface area contributed by atoms with Crippen molar-refractivity contribution in [2.45, 2.75) is 24.4 Å². The largest absolute Gasteiger partial charge is 0.493 e. The van der Waals surface area contributed by atoms with Gasteiger partial charge in [-0.2, -0.15) is 0 Å². The first kappa shape index (κ1) is 25.1. The Morgan fingerprint density at radius 3 is 2.24 bits per heavy atom. The van der Waals surface area contributed by atoms with Gasteiger partial charge in [0, 0.05) is 6.54 Å². The Balaban J connectivity index is 1.52. The molecule has 8 nitrogen and oxygen atoms in total. The molecule has 0 aliphatic carbocycles. The van der Waals surface area contributed by atoms with Crippen LogP contribution in [-0.4, -0.2) is 35.2 Å². The first-order chi connectivity index (χ1) is 16.3. The van der Waals surface area contributed by atoms with Crippen molar-refractivity contribution in [2.24, 2.45) is 0 Å². The third-order valence-electron chi connectivity index (χ3n) is 5.10. The van der Waals surface area contributed by atoms with Crippen molar-refractivity contribution in [2.75, 3.05) is 20.8 Å². The number of hydrogen-bond donors (Lipinski definition) is 2. The minimum atomic E-state index is -3.67. The molecule has 1 amide bonds. The van der Waals surface area contributed by atoms with Crippen molar-refractivity contribution in [3.8, 4) is 17.2 Å². The number of carbonyl (C=O) groups excluding carboxylic acids is 1. The van der Waals surface area contributed by atoms with E-state index in [0.717, 1.165) is 11.1 Å². The smallest absolute Gasteiger partial charge is 0.258 e. The van der Waals surface area contributed by atoms with Crippen molar-refractivity contribution in [1.29, 1.82) is 0 Å². The van der Waals surface area contributed by atoms with Gasteiger partial charge >= 0.3 is 0 Å². The fourth-order valence-corrected chi connectivity index (χ4v) is 4.23. The Kier molecular flexibility index (Phi) is 8.50. The van der Waals surface area contributed by atoms with E-state index in [1.807, 2.05) is 43.3 Å². The van der Waals surface area contributed by atoms with Crippen LogP contribution >= 0.6 is 0 Å². The van der Waals surface area contributed by atoms with Crippen LogP contribution in [0.3, 0.4) is 0 Å². The summed E-state index contributed by atoms with van der Waals surface area (Å²) in [6, 6.07) is 20.3. The van der Waals surface area contributed by atoms with E-state index in [2.05, 4.69) is 10.0 Å². The van der Waals surface area contributed by atoms with Gasteiger partial charge in [-0.3, -0.25) is 4.79 Å². The zero-order valence-corrected chi connectivity index (χ0v) is 20.1. The van der Waals surface area contributed by atoms with Crippen LogP contribution in [0.1, 0.15) is 24.1 Å². The van der Waals surface area contributed by atoms with Gasteiger partial charge in [0.25, 0.3) is 5.91 Å². The van der Waals surface area contributed by atoms with Crippen LogP contribution in [0.15, 0.2) is 77.7 Å². The molecule has 3 rings (SSSR count). The maximum Gasteiger partial charge on any atom is 0.258 e. The second-order valence-corrected chi connectivity index (χ2v) is 9.24. The molecular weight excluding hydrogens is 456 g/mol. The van der Waals surface area contributed by atoms with Crippen molar-refractivity contribution in [1.82, 2.24) is 10.0 Å². The number of carbonyl (C=O) groups is 1. The van der Waals surface area contributed by atoms with Gasteiger partial charge < -0.3 is 19.5 Å². The Labute approximate surface area is 199 Å². The van der Waals surface area contributed by atoms with Gasteiger partial charge in [-0.25, -0.2) is 13.1 Å². The zero-order chi connectivity index (χ0) is 24.6. The summed E-state index contributed by atoms with van der Waals surface area (Å²) in [6.45, 7) is 1.83. The fourth-order valence-electron chi connectivity index (χ4n) is 3.21. The van der Waals surface area contributed by atoms with Gasteiger partial charge in [-0.05, 0) is 54.4 Å². The number of hydrogen-bond acceptors (Lipinski definition) is 6. The predicted octanol–water partition coefficient (Wildman–Crippen LogP) is 3.44. The molecule has 0 aliphatic rings. The summed E-state index contributed by atoms with van der Waals surface area (Å²) in [5.41, 5.74) is 1.71. The average Bonchev–Trinajstić information content (AvgIpc) is 2.86. The second kappa shape index (κ2) is 11.5. The Morgan fingerprint density at radius 2 is 1.59 bits per heavy atom. The van der Waals surface area contributed by atoms with Crippen molar-refractivity contribution in [3.05, 3.63) is 83.9 Å². The van der Waals surface area contributed by atoms with Crippen LogP contribution in [0.4, 0.5) is 0 Å². The van der Waals surface area contributed by atoms with Crippen LogP contribution in [0.5, 0.6) is 17.2 Å². The first-order valence-electron chi connectivity index (χ1n) is 10.6. The molecule has 0 fully saturated rings. The lowest BCUT2D eigenvalue weighted by Gasteiger charge is -2.17. The molecule has 0 heterocycles. The van der Waals surface area contributed by atoms with E-state index in [-0.39, 0.29) is 30.0 Å². The van der Waals surface area contributed by atoms with Crippen LogP contribution < -0.4 is 24.2 Å². The van der Waals surface area contributed by atoms with E-state index in [9.17, 15) is 13.2 Å². The lowest BCUT2D eigenvalue weighted by Crippen LogP contribution is -2.31. The summed E-state index contributed by atoms with van der Waals surface area (Å²) in [7, 11) is -0.559. The Bertz CT molecular complexity index is 1200. The molecule has 180 valence electrons. The topological polar surface area (TPSA) is 103 Å². The molecule has 34 heavy (non-hydrogen) atoms. The molecule has 2 N–H and O–H groups in total. The van der Waals surface area contributed by atoms with Crippen LogP contribution in [0.2, 0.25) is 0 Å². The molecular formula is C25H28N2O6S. The molecule has 0 aromatic heterocycles. The zero-order valence-electron chi connectivity index (χ0n) is 19.3. The normalized spacial score (nSPS) is 12.0. The molecule has 0 radical (unpaired) electrons. The summed E-state index contributed by atoms with van der Waals surface area (Å²) < 4.78 is 43.6. The maximum atomic E-state index is 12.5. The first-order valence-corrected chi connectivity index (χ1v) is 12.1. The minimum Gasteiger partial charge on any atom is -0.493 e. The van der Waals surface area contributed by atoms with Gasteiger partial charge in [0.1, 0.15) is 5.75 Å². The molecule has 0 saturated heterocycles. The lowest BCUT2D eigenvalue weighted by atomic mass is 10.1. The number of nitrogens with one attached hydrogen (secondary N) is 2. The number of benzene rings is 3. The SMILES string of the molecule is COc1ccc([C@H](C)NC(=O)COc2ccc(S(=O)(=O)NCc3ccccc3)cc2)cc1OC. The Hall–Kier alpha value is -3.56. The molecule has 3 aromatic carbocycles. The monoisotopic (exact) mass is 484 g/mol. The van der Waals surface area contributed by atoms with Gasteiger partial charge in [0.2, 0.25) is 10.0 Å². The number of methoxy groups -OCH3 is 2. The molecule has 0 spiro atoms. The fraction of sp³-hybridized carbons (Fsp3) is 0.240. The molecule has 3 aromatic rings. The van der Waals surface area contributed by atoms with E-state index in [4.69, 9.17) is 14.2 Å². The highest BCUT2D eigenvalue weighted by Gasteiger charge is 2.15. The average molecular weight is 485 g/mol. The summed E-state index contributed by atoms with van der Waals surface area (Å²) in [5, 5.41) is 2.86. The van der Waals surface area contributed by atoms with Crippen LogP contribution in [0, 0.1) is 0 Å². The van der Waals surface area contributed by atoms with E-state index in [0.29, 0.717) is 17.2 Å². The van der Waals surface area contributed by atoms with Gasteiger partial charge in [-0.15, -0.1) is 0 Å². The quantitative estimate of drug-likeness (QED) is 0.432. The highest BCUT2D eigenvalue weighted by Crippen LogP contribution is 2.29. The van der Waals surface area contributed by atoms with E-state index in [1.165, 1.54) is 24.3 Å². The summed E-state index contributed by atoms with van der Waals surface area (Å²) in [5.74, 6) is 1.25. The molecule has 0 bridgehead atoms. The standard InChI is InChI=1S/C25H28N2O6S/c1-18(20-9-14-23(31-2)24(15-20)32-3)27-25(28)17-33-21-10-12-22(13-11-21)34(29,30)26-16-19-7-5-4-6-8-19/h4-15,18,26H,16-17H2,1-3H3,(H,27,28)/t18-/m0/s1. The third-order valence-corrected chi connectivity index (χ3v) is 6.52. The van der Waals surface area contributed by atoms with Crippen molar-refractivity contribution < 1.29 is 27.4 Å². The minimum absolute atomic E-state index is 0.113. The summed E-state index contributed by atoms with van der Waals surface area (Å²) in [4.78, 5) is 12.4. The molecule has 0 aliphatic heterocycles. The van der Waals surface area contributed by atoms with Crippen molar-refractivity contribution >= 4 is 15.9 Å². The molecule has 0 unspecified atom stereocenters. The van der Waals surface area contributed by atoms with Gasteiger partial charge in [0.05, 0.1) is 25.2 Å². The highest BCUT2D eigenvalue weighted by molar-refractivity contribution is 7.89. The lowest BCUT2D eigenvalue weighted by molar-refractivity contribution is -0.123. The van der Waals surface area contributed by atoms with E-state index in [1.54, 1.807) is 26.4 Å². The molecule has 9 heteroatoms. The van der Waals surface area contributed by atoms with Crippen molar-refractivity contribution in [3.63, 3.8) is 0 Å². The van der Waals surface area contributed by atoms with Gasteiger partial charge in [0.15, 0.2) is 18.1 Å². The Morgan fingerprint density at radius 1 is 0.912 bits per heavy atom. The highest BCUT2D eigenvalue weighted by atomic mass is 32.2. The number of ether oxygens (including phenoxy) is 3. The number of rotatable bonds is 11. The summed E-state index contributed by atoms with van der Waals surface area (Å²) >= 11 is 0. The predicted molar refractivity (Wildman–Crippen MR) is 129 cm³/mol. The third kappa shape index (κ3) is 6.72. The second-order valence-electron chi connectivity index (χ2n) is 7.47. The van der Waals surface area contributed by atoms with Crippen LogP contribution in [0.25, 0.3) is 0 Å². The molecule has 0 saturated carbocycles. The molecule has 1 atom stereocenters. The van der Waals surface area contributed by atoms with E-state index < -0.39 is 10.0 Å². The maximum absolute atomic E-state index is 12.5.